The molecule has 0 aliphatic heterocycles. The van der Waals surface area contributed by atoms with Gasteiger partial charge in [0.1, 0.15) is 5.82 Å². The summed E-state index contributed by atoms with van der Waals surface area (Å²) in [6.07, 6.45) is 6.04. The summed E-state index contributed by atoms with van der Waals surface area (Å²) in [4.78, 5) is 0. The molecule has 0 saturated heterocycles. The average Bonchev–Trinajstić information content (AvgIpc) is 3.09. The van der Waals surface area contributed by atoms with E-state index in [9.17, 15) is 4.39 Å². The van der Waals surface area contributed by atoms with Gasteiger partial charge in [-0.05, 0) is 66.6 Å². The molecule has 0 saturated carbocycles. The Hall–Kier alpha value is -2.72. The fourth-order valence-electron chi connectivity index (χ4n) is 3.76. The SMILES string of the molecule is CC1=Cc2c(cnn2-c2ccc(F)cc2)C[C@]1(C)CCOCc1ccccc1. The van der Waals surface area contributed by atoms with E-state index in [1.807, 2.05) is 29.1 Å². The normalized spacial score (nSPS) is 18.6. The molecular weight excluding hydrogens is 351 g/mol. The molecule has 144 valence electrons. The van der Waals surface area contributed by atoms with E-state index in [2.05, 4.69) is 37.2 Å². The van der Waals surface area contributed by atoms with Gasteiger partial charge in [-0.1, -0.05) is 42.8 Å². The van der Waals surface area contributed by atoms with Crippen molar-refractivity contribution in [3.63, 3.8) is 0 Å². The molecule has 1 heterocycles. The number of nitrogens with zero attached hydrogens (tertiary/aromatic N) is 2. The Bertz CT molecular complexity index is 976. The molecule has 0 amide bonds. The second kappa shape index (κ2) is 7.72. The van der Waals surface area contributed by atoms with E-state index in [1.54, 1.807) is 12.1 Å². The molecule has 3 aromatic rings. The van der Waals surface area contributed by atoms with E-state index in [-0.39, 0.29) is 11.2 Å². The van der Waals surface area contributed by atoms with Gasteiger partial charge in [0.2, 0.25) is 0 Å². The Morgan fingerprint density at radius 3 is 2.61 bits per heavy atom. The highest BCUT2D eigenvalue weighted by Crippen LogP contribution is 2.41. The van der Waals surface area contributed by atoms with Gasteiger partial charge in [0.05, 0.1) is 24.2 Å². The molecule has 0 unspecified atom stereocenters. The average molecular weight is 376 g/mol. The van der Waals surface area contributed by atoms with Gasteiger partial charge < -0.3 is 4.74 Å². The van der Waals surface area contributed by atoms with Crippen LogP contribution in [0.15, 0.2) is 66.4 Å². The molecule has 3 nitrogen and oxygen atoms in total. The van der Waals surface area contributed by atoms with Crippen molar-refractivity contribution in [3.8, 4) is 5.69 Å². The molecule has 0 bridgehead atoms. The van der Waals surface area contributed by atoms with E-state index in [4.69, 9.17) is 4.74 Å². The topological polar surface area (TPSA) is 27.1 Å². The van der Waals surface area contributed by atoms with Crippen LogP contribution in [0.1, 0.15) is 37.1 Å². The highest BCUT2D eigenvalue weighted by molar-refractivity contribution is 5.60. The van der Waals surface area contributed by atoms with Gasteiger partial charge in [-0.3, -0.25) is 0 Å². The van der Waals surface area contributed by atoms with Crippen LogP contribution in [-0.4, -0.2) is 16.4 Å². The minimum atomic E-state index is -0.237. The second-order valence-corrected chi connectivity index (χ2v) is 7.80. The summed E-state index contributed by atoms with van der Waals surface area (Å²) in [5.74, 6) is -0.237. The van der Waals surface area contributed by atoms with Gasteiger partial charge in [-0.2, -0.15) is 5.10 Å². The van der Waals surface area contributed by atoms with Crippen LogP contribution in [-0.2, 0) is 17.8 Å². The van der Waals surface area contributed by atoms with Crippen molar-refractivity contribution in [2.45, 2.75) is 33.3 Å². The first kappa shape index (κ1) is 18.6. The van der Waals surface area contributed by atoms with Crippen molar-refractivity contribution >= 4 is 6.08 Å². The van der Waals surface area contributed by atoms with Crippen molar-refractivity contribution < 1.29 is 9.13 Å². The van der Waals surface area contributed by atoms with Crippen LogP contribution in [0.3, 0.4) is 0 Å². The Morgan fingerprint density at radius 1 is 1.11 bits per heavy atom. The van der Waals surface area contributed by atoms with Gasteiger partial charge in [-0.25, -0.2) is 9.07 Å². The number of rotatable bonds is 6. The van der Waals surface area contributed by atoms with Crippen LogP contribution in [0, 0.1) is 11.2 Å². The maximum Gasteiger partial charge on any atom is 0.123 e. The van der Waals surface area contributed by atoms with Gasteiger partial charge in [0.25, 0.3) is 0 Å². The number of aromatic nitrogens is 2. The van der Waals surface area contributed by atoms with Crippen LogP contribution < -0.4 is 0 Å². The minimum Gasteiger partial charge on any atom is -0.377 e. The number of allylic oxidation sites excluding steroid dienone is 1. The first-order chi connectivity index (χ1) is 13.5. The fourth-order valence-corrected chi connectivity index (χ4v) is 3.76. The molecule has 0 radical (unpaired) electrons. The van der Waals surface area contributed by atoms with E-state index >= 15 is 0 Å². The van der Waals surface area contributed by atoms with Crippen molar-refractivity contribution in [2.24, 2.45) is 5.41 Å². The third-order valence-electron chi connectivity index (χ3n) is 5.75. The molecule has 1 aliphatic rings. The molecule has 0 N–H and O–H groups in total. The zero-order valence-corrected chi connectivity index (χ0v) is 16.4. The van der Waals surface area contributed by atoms with Crippen LogP contribution in [0.2, 0.25) is 0 Å². The van der Waals surface area contributed by atoms with Crippen LogP contribution in [0.4, 0.5) is 4.39 Å². The smallest absolute Gasteiger partial charge is 0.123 e. The van der Waals surface area contributed by atoms with Crippen molar-refractivity contribution in [1.82, 2.24) is 9.78 Å². The largest absolute Gasteiger partial charge is 0.377 e. The lowest BCUT2D eigenvalue weighted by atomic mass is 9.72. The number of fused-ring (bicyclic) bond motifs is 1. The summed E-state index contributed by atoms with van der Waals surface area (Å²) in [6, 6.07) is 16.7. The number of benzene rings is 2. The van der Waals surface area contributed by atoms with Gasteiger partial charge >= 0.3 is 0 Å². The third kappa shape index (κ3) is 3.78. The van der Waals surface area contributed by atoms with E-state index in [1.165, 1.54) is 28.8 Å². The number of ether oxygens (including phenoxy) is 1. The Balaban J connectivity index is 1.45. The highest BCUT2D eigenvalue weighted by Gasteiger charge is 2.32. The van der Waals surface area contributed by atoms with Crippen LogP contribution >= 0.6 is 0 Å². The lowest BCUT2D eigenvalue weighted by molar-refractivity contribution is 0.0957. The summed E-state index contributed by atoms with van der Waals surface area (Å²) in [7, 11) is 0. The quantitative estimate of drug-likeness (QED) is 0.525. The molecule has 0 spiro atoms. The zero-order chi connectivity index (χ0) is 19.6. The van der Waals surface area contributed by atoms with Gasteiger partial charge in [-0.15, -0.1) is 0 Å². The molecule has 2 aromatic carbocycles. The Kier molecular flexibility index (Phi) is 5.14. The van der Waals surface area contributed by atoms with E-state index in [0.717, 1.165) is 30.8 Å². The molecular formula is C24H25FN2O. The van der Waals surface area contributed by atoms with Gasteiger partial charge in [0, 0.05) is 6.61 Å². The second-order valence-electron chi connectivity index (χ2n) is 7.80. The van der Waals surface area contributed by atoms with E-state index < -0.39 is 0 Å². The lowest BCUT2D eigenvalue weighted by Crippen LogP contribution is -2.26. The Labute approximate surface area is 165 Å². The number of hydrogen-bond donors (Lipinski definition) is 0. The highest BCUT2D eigenvalue weighted by atomic mass is 19.1. The summed E-state index contributed by atoms with van der Waals surface area (Å²) in [6.45, 7) is 5.84. The monoisotopic (exact) mass is 376 g/mol. The third-order valence-corrected chi connectivity index (χ3v) is 5.75. The Morgan fingerprint density at radius 2 is 1.86 bits per heavy atom. The van der Waals surface area contributed by atoms with Crippen molar-refractivity contribution in [3.05, 3.63) is 89.0 Å². The predicted octanol–water partition coefficient (Wildman–Crippen LogP) is 5.58. The van der Waals surface area contributed by atoms with E-state index in [0.29, 0.717) is 6.61 Å². The number of halogens is 1. The molecule has 4 rings (SSSR count). The fraction of sp³-hybridized carbons (Fsp3) is 0.292. The first-order valence-electron chi connectivity index (χ1n) is 9.68. The predicted molar refractivity (Wildman–Crippen MR) is 110 cm³/mol. The molecule has 28 heavy (non-hydrogen) atoms. The molecule has 1 atom stereocenters. The number of hydrogen-bond acceptors (Lipinski definition) is 2. The zero-order valence-electron chi connectivity index (χ0n) is 16.4. The molecule has 4 heteroatoms. The first-order valence-corrected chi connectivity index (χ1v) is 9.68. The van der Waals surface area contributed by atoms with Gasteiger partial charge in [0.15, 0.2) is 0 Å². The summed E-state index contributed by atoms with van der Waals surface area (Å²) >= 11 is 0. The van der Waals surface area contributed by atoms with Crippen molar-refractivity contribution in [2.75, 3.05) is 6.61 Å². The summed E-state index contributed by atoms with van der Waals surface area (Å²) < 4.78 is 21.1. The maximum atomic E-state index is 13.2. The lowest BCUT2D eigenvalue weighted by Gasteiger charge is -2.34. The summed E-state index contributed by atoms with van der Waals surface area (Å²) in [5, 5.41) is 4.55. The maximum absolute atomic E-state index is 13.2. The van der Waals surface area contributed by atoms with Crippen molar-refractivity contribution in [1.29, 1.82) is 0 Å². The molecule has 1 aliphatic carbocycles. The molecule has 0 fully saturated rings. The minimum absolute atomic E-state index is 0.0559. The summed E-state index contributed by atoms with van der Waals surface area (Å²) in [5.41, 5.74) is 5.77. The molecule has 1 aromatic heterocycles. The standard InChI is InChI=1S/C24H25FN2O/c1-18-14-23-20(16-26-27(23)22-10-8-21(25)9-11-22)15-24(18,2)12-13-28-17-19-6-4-3-5-7-19/h3-11,14,16H,12-13,15,17H2,1-2H3/t24-/m0/s1. The van der Waals surface area contributed by atoms with Crippen LogP contribution in [0.25, 0.3) is 11.8 Å². The van der Waals surface area contributed by atoms with Crippen LogP contribution in [0.5, 0.6) is 0 Å².